The second-order valence-electron chi connectivity index (χ2n) is 4.29. The van der Waals surface area contributed by atoms with E-state index >= 15 is 0 Å². The minimum absolute atomic E-state index is 0.0775. The highest BCUT2D eigenvalue weighted by Gasteiger charge is 2.43. The second kappa shape index (κ2) is 4.47. The zero-order valence-electron chi connectivity index (χ0n) is 9.58. The zero-order chi connectivity index (χ0) is 12.3. The number of hydrogen-bond donors (Lipinski definition) is 1. The normalized spacial score (nSPS) is 18.5. The Morgan fingerprint density at radius 2 is 2.12 bits per heavy atom. The van der Waals surface area contributed by atoms with Crippen molar-refractivity contribution in [1.82, 2.24) is 10.2 Å². The average Bonchev–Trinajstić information content (AvgIpc) is 2.39. The van der Waals surface area contributed by atoms with Gasteiger partial charge in [0.15, 0.2) is 5.78 Å². The van der Waals surface area contributed by atoms with E-state index in [9.17, 15) is 14.4 Å². The maximum atomic E-state index is 11.7. The molecule has 0 aromatic carbocycles. The van der Waals surface area contributed by atoms with Crippen molar-refractivity contribution in [2.24, 2.45) is 0 Å². The van der Waals surface area contributed by atoms with Crippen LogP contribution in [0, 0.1) is 0 Å². The number of nitrogens with zero attached hydrogens (tertiary/aromatic N) is 1. The second-order valence-corrected chi connectivity index (χ2v) is 4.29. The van der Waals surface area contributed by atoms with Crippen LogP contribution in [0.2, 0.25) is 0 Å². The Morgan fingerprint density at radius 3 is 2.56 bits per heavy atom. The van der Waals surface area contributed by atoms with Gasteiger partial charge in [-0.1, -0.05) is 6.58 Å². The lowest BCUT2D eigenvalue weighted by atomic mass is 10.1. The van der Waals surface area contributed by atoms with E-state index in [0.29, 0.717) is 12.8 Å². The van der Waals surface area contributed by atoms with Crippen LogP contribution in [0.4, 0.5) is 4.79 Å². The van der Waals surface area contributed by atoms with Crippen LogP contribution in [-0.4, -0.2) is 34.7 Å². The third kappa shape index (κ3) is 2.48. The molecule has 5 heteroatoms. The number of hydrogen-bond acceptors (Lipinski definition) is 3. The molecule has 1 aliphatic heterocycles. The van der Waals surface area contributed by atoms with Gasteiger partial charge in [0.25, 0.3) is 5.91 Å². The molecular weight excluding hydrogens is 208 g/mol. The van der Waals surface area contributed by atoms with Gasteiger partial charge in [0.05, 0.1) is 0 Å². The summed E-state index contributed by atoms with van der Waals surface area (Å²) in [6, 6.07) is -0.388. The van der Waals surface area contributed by atoms with Gasteiger partial charge in [-0.25, -0.2) is 4.79 Å². The van der Waals surface area contributed by atoms with Gasteiger partial charge in [0, 0.05) is 13.0 Å². The van der Waals surface area contributed by atoms with Crippen molar-refractivity contribution in [1.29, 1.82) is 0 Å². The number of ketones is 1. The van der Waals surface area contributed by atoms with E-state index in [0.717, 1.165) is 4.90 Å². The Labute approximate surface area is 94.5 Å². The van der Waals surface area contributed by atoms with Crippen LogP contribution in [0.1, 0.15) is 26.7 Å². The van der Waals surface area contributed by atoms with E-state index < -0.39 is 5.54 Å². The Kier molecular flexibility index (Phi) is 3.47. The molecule has 5 nitrogen and oxygen atoms in total. The summed E-state index contributed by atoms with van der Waals surface area (Å²) in [7, 11) is 0. The van der Waals surface area contributed by atoms with Gasteiger partial charge < -0.3 is 5.32 Å². The van der Waals surface area contributed by atoms with Crippen LogP contribution in [-0.2, 0) is 9.59 Å². The summed E-state index contributed by atoms with van der Waals surface area (Å²) in [4.78, 5) is 35.3. The van der Waals surface area contributed by atoms with Crippen LogP contribution < -0.4 is 5.32 Å². The summed E-state index contributed by atoms with van der Waals surface area (Å²) in [6.07, 6.45) is 2.02. The van der Waals surface area contributed by atoms with Crippen LogP contribution in [0.5, 0.6) is 0 Å². The van der Waals surface area contributed by atoms with Crippen LogP contribution >= 0.6 is 0 Å². The number of amides is 3. The Morgan fingerprint density at radius 1 is 1.50 bits per heavy atom. The summed E-state index contributed by atoms with van der Waals surface area (Å²) < 4.78 is 0. The van der Waals surface area contributed by atoms with E-state index in [2.05, 4.69) is 11.9 Å². The first-order chi connectivity index (χ1) is 7.38. The molecule has 1 rings (SSSR count). The number of urea groups is 1. The van der Waals surface area contributed by atoms with Crippen molar-refractivity contribution < 1.29 is 14.4 Å². The van der Waals surface area contributed by atoms with E-state index in [1.807, 2.05) is 0 Å². The van der Waals surface area contributed by atoms with Crippen molar-refractivity contribution in [3.05, 3.63) is 12.7 Å². The number of allylic oxidation sites excluding steroid dienone is 1. The number of carbonyl (C=O) groups excluding carboxylic acids is 3. The van der Waals surface area contributed by atoms with Crippen molar-refractivity contribution in [2.45, 2.75) is 32.2 Å². The van der Waals surface area contributed by atoms with Gasteiger partial charge in [-0.15, -0.1) is 0 Å². The van der Waals surface area contributed by atoms with Gasteiger partial charge in [0.2, 0.25) is 0 Å². The fourth-order valence-corrected chi connectivity index (χ4v) is 1.53. The Bertz CT molecular complexity index is 347. The maximum Gasteiger partial charge on any atom is 0.325 e. The quantitative estimate of drug-likeness (QED) is 0.556. The van der Waals surface area contributed by atoms with Gasteiger partial charge >= 0.3 is 6.03 Å². The Balaban J connectivity index is 2.49. The highest BCUT2D eigenvalue weighted by molar-refractivity contribution is 6.06. The summed E-state index contributed by atoms with van der Waals surface area (Å²) in [6.45, 7) is 6.94. The molecular formula is C11H16N2O3. The summed E-state index contributed by atoms with van der Waals surface area (Å²) in [5, 5.41) is 2.58. The topological polar surface area (TPSA) is 66.5 Å². The number of nitrogens with one attached hydrogen (secondary N) is 1. The van der Waals surface area contributed by atoms with Gasteiger partial charge in [-0.3, -0.25) is 14.5 Å². The van der Waals surface area contributed by atoms with Crippen molar-refractivity contribution in [2.75, 3.05) is 6.54 Å². The molecule has 0 saturated carbocycles. The number of rotatable bonds is 5. The Hall–Kier alpha value is -1.65. The zero-order valence-corrected chi connectivity index (χ0v) is 9.58. The largest absolute Gasteiger partial charge is 0.325 e. The standard InChI is InChI=1S/C11H16N2O3/c1-4-8(14)6-5-7-13-9(15)11(2,3)12-10(13)16/h4H,1,5-7H2,2-3H3,(H,12,16). The summed E-state index contributed by atoms with van der Waals surface area (Å²) in [5.41, 5.74) is -0.834. The molecule has 0 spiro atoms. The molecule has 1 heterocycles. The van der Waals surface area contributed by atoms with Gasteiger partial charge in [-0.2, -0.15) is 0 Å². The molecule has 0 aromatic heterocycles. The van der Waals surface area contributed by atoms with Crippen LogP contribution in [0.15, 0.2) is 12.7 Å². The molecule has 1 N–H and O–H groups in total. The molecule has 0 atom stereocenters. The van der Waals surface area contributed by atoms with Gasteiger partial charge in [0.1, 0.15) is 5.54 Å². The van der Waals surface area contributed by atoms with E-state index in [-0.39, 0.29) is 24.3 Å². The first kappa shape index (κ1) is 12.4. The van der Waals surface area contributed by atoms with E-state index in [1.54, 1.807) is 13.8 Å². The smallest absolute Gasteiger partial charge is 0.324 e. The summed E-state index contributed by atoms with van der Waals surface area (Å²) >= 11 is 0. The molecule has 0 aliphatic carbocycles. The first-order valence-electron chi connectivity index (χ1n) is 5.18. The first-order valence-corrected chi connectivity index (χ1v) is 5.18. The predicted molar refractivity (Wildman–Crippen MR) is 58.8 cm³/mol. The average molecular weight is 224 g/mol. The third-order valence-corrected chi connectivity index (χ3v) is 2.48. The van der Waals surface area contributed by atoms with Crippen molar-refractivity contribution in [3.8, 4) is 0 Å². The number of carbonyl (C=O) groups is 3. The molecule has 0 radical (unpaired) electrons. The molecule has 0 unspecified atom stereocenters. The number of imide groups is 1. The van der Waals surface area contributed by atoms with Crippen molar-refractivity contribution >= 4 is 17.7 Å². The SMILES string of the molecule is C=CC(=O)CCCN1C(=O)NC(C)(C)C1=O. The molecule has 0 aromatic rings. The van der Waals surface area contributed by atoms with E-state index in [4.69, 9.17) is 0 Å². The lowest BCUT2D eigenvalue weighted by Crippen LogP contribution is -2.40. The maximum absolute atomic E-state index is 11.7. The molecule has 0 bridgehead atoms. The van der Waals surface area contributed by atoms with E-state index in [1.165, 1.54) is 6.08 Å². The molecule has 1 aliphatic rings. The fraction of sp³-hybridized carbons (Fsp3) is 0.545. The predicted octanol–water partition coefficient (Wildman–Crippen LogP) is 0.852. The molecule has 3 amide bonds. The summed E-state index contributed by atoms with van der Waals surface area (Å²) in [5.74, 6) is -0.324. The lowest BCUT2D eigenvalue weighted by molar-refractivity contribution is -0.130. The minimum atomic E-state index is -0.834. The lowest BCUT2D eigenvalue weighted by Gasteiger charge is -2.15. The molecule has 1 saturated heterocycles. The highest BCUT2D eigenvalue weighted by Crippen LogP contribution is 2.16. The fourth-order valence-electron chi connectivity index (χ4n) is 1.53. The van der Waals surface area contributed by atoms with Crippen LogP contribution in [0.25, 0.3) is 0 Å². The van der Waals surface area contributed by atoms with Crippen molar-refractivity contribution in [3.63, 3.8) is 0 Å². The van der Waals surface area contributed by atoms with Crippen LogP contribution in [0.3, 0.4) is 0 Å². The minimum Gasteiger partial charge on any atom is -0.324 e. The van der Waals surface area contributed by atoms with Gasteiger partial charge in [-0.05, 0) is 26.3 Å². The monoisotopic (exact) mass is 224 g/mol. The molecule has 1 fully saturated rings. The highest BCUT2D eigenvalue weighted by atomic mass is 16.2. The third-order valence-electron chi connectivity index (χ3n) is 2.48. The molecule has 88 valence electrons. The molecule has 16 heavy (non-hydrogen) atoms.